The van der Waals surface area contributed by atoms with E-state index in [1.165, 1.54) is 4.31 Å². The van der Waals surface area contributed by atoms with Crippen LogP contribution in [-0.2, 0) is 32.5 Å². The fourth-order valence-electron chi connectivity index (χ4n) is 5.58. The summed E-state index contributed by atoms with van der Waals surface area (Å²) >= 11 is 0. The van der Waals surface area contributed by atoms with E-state index >= 15 is 0 Å². The van der Waals surface area contributed by atoms with Gasteiger partial charge in [-0.05, 0) is 73.9 Å². The molecule has 3 heterocycles. The van der Waals surface area contributed by atoms with Crippen molar-refractivity contribution in [3.63, 3.8) is 0 Å². The van der Waals surface area contributed by atoms with Crippen LogP contribution in [0, 0.1) is 5.92 Å². The van der Waals surface area contributed by atoms with Crippen molar-refractivity contribution < 1.29 is 18.0 Å². The van der Waals surface area contributed by atoms with Crippen molar-refractivity contribution in [1.82, 2.24) is 4.90 Å². The van der Waals surface area contributed by atoms with Gasteiger partial charge in [0, 0.05) is 44.2 Å². The Balaban J connectivity index is 1.28. The van der Waals surface area contributed by atoms with Gasteiger partial charge in [0.15, 0.2) is 0 Å². The molecule has 35 heavy (non-hydrogen) atoms. The summed E-state index contributed by atoms with van der Waals surface area (Å²) in [5.74, 6) is 0.616. The standard InChI is InChI=1S/C27H33N3O4S/c1-19-11-14-28(15-12-19)26(31)9-10-27(32)29-16-13-22-18-23(7-8-24(22)29)35(33,34)30-20(2)17-21-5-3-4-6-25(21)30/h3-8,18-20H,9-17H2,1-2H3. The molecule has 1 saturated heterocycles. The molecule has 3 aliphatic rings. The average Bonchev–Trinajstić information content (AvgIpc) is 3.42. The lowest BCUT2D eigenvalue weighted by Gasteiger charge is -2.30. The minimum absolute atomic E-state index is 0.0473. The Labute approximate surface area is 207 Å². The van der Waals surface area contributed by atoms with Gasteiger partial charge >= 0.3 is 0 Å². The zero-order valence-electron chi connectivity index (χ0n) is 20.4. The maximum atomic E-state index is 13.6. The SMILES string of the molecule is CC1CCN(C(=O)CCC(=O)N2CCc3cc(S(=O)(=O)N4c5ccccc5CC4C)ccc32)CC1. The third-order valence-electron chi connectivity index (χ3n) is 7.64. The smallest absolute Gasteiger partial charge is 0.264 e. The molecular weight excluding hydrogens is 462 g/mol. The number of benzene rings is 2. The van der Waals surface area contributed by atoms with E-state index in [1.807, 2.05) is 36.1 Å². The number of likely N-dealkylation sites (tertiary alicyclic amines) is 1. The van der Waals surface area contributed by atoms with Crippen LogP contribution in [0.5, 0.6) is 0 Å². The Kier molecular flexibility index (Phi) is 6.34. The average molecular weight is 496 g/mol. The Bertz CT molecular complexity index is 1250. The van der Waals surface area contributed by atoms with Gasteiger partial charge in [0.05, 0.1) is 10.6 Å². The number of hydrogen-bond acceptors (Lipinski definition) is 4. The van der Waals surface area contributed by atoms with Gasteiger partial charge in [-0.25, -0.2) is 8.42 Å². The molecule has 8 heteroatoms. The van der Waals surface area contributed by atoms with Gasteiger partial charge in [0.2, 0.25) is 11.8 Å². The van der Waals surface area contributed by atoms with Gasteiger partial charge in [-0.15, -0.1) is 0 Å². The van der Waals surface area contributed by atoms with Crippen LogP contribution in [0.25, 0.3) is 0 Å². The van der Waals surface area contributed by atoms with Crippen LogP contribution in [0.15, 0.2) is 47.4 Å². The lowest BCUT2D eigenvalue weighted by Crippen LogP contribution is -2.38. The molecule has 7 nitrogen and oxygen atoms in total. The highest BCUT2D eigenvalue weighted by atomic mass is 32.2. The quantitative estimate of drug-likeness (QED) is 0.633. The van der Waals surface area contributed by atoms with Gasteiger partial charge in [0.25, 0.3) is 10.0 Å². The lowest BCUT2D eigenvalue weighted by molar-refractivity contribution is -0.134. The second-order valence-electron chi connectivity index (χ2n) is 10.1. The van der Waals surface area contributed by atoms with Gasteiger partial charge < -0.3 is 9.80 Å². The Morgan fingerprint density at radius 1 is 0.886 bits per heavy atom. The minimum atomic E-state index is -3.72. The number of hydrogen-bond donors (Lipinski definition) is 0. The molecule has 0 spiro atoms. The molecule has 3 aliphatic heterocycles. The number of carbonyl (C=O) groups excluding carboxylic acids is 2. The van der Waals surface area contributed by atoms with Crippen molar-refractivity contribution >= 4 is 33.2 Å². The highest BCUT2D eigenvalue weighted by Crippen LogP contribution is 2.38. The largest absolute Gasteiger partial charge is 0.343 e. The molecule has 2 aromatic rings. The molecule has 0 bridgehead atoms. The molecule has 2 aromatic carbocycles. The molecule has 0 radical (unpaired) electrons. The summed E-state index contributed by atoms with van der Waals surface area (Å²) in [5.41, 5.74) is 3.39. The molecule has 0 saturated carbocycles. The van der Waals surface area contributed by atoms with E-state index in [2.05, 4.69) is 6.92 Å². The Morgan fingerprint density at radius 3 is 2.37 bits per heavy atom. The number of fused-ring (bicyclic) bond motifs is 2. The number of amides is 2. The van der Waals surface area contributed by atoms with Crippen LogP contribution in [0.2, 0.25) is 0 Å². The fraction of sp³-hybridized carbons (Fsp3) is 0.481. The molecule has 186 valence electrons. The van der Waals surface area contributed by atoms with E-state index in [4.69, 9.17) is 0 Å². The molecule has 1 fully saturated rings. The topological polar surface area (TPSA) is 78.0 Å². The van der Waals surface area contributed by atoms with Crippen molar-refractivity contribution in [3.8, 4) is 0 Å². The fourth-order valence-corrected chi connectivity index (χ4v) is 7.32. The zero-order chi connectivity index (χ0) is 24.7. The van der Waals surface area contributed by atoms with Gasteiger partial charge in [-0.1, -0.05) is 25.1 Å². The molecule has 1 unspecified atom stereocenters. The normalized spacial score (nSPS) is 20.2. The van der Waals surface area contributed by atoms with Gasteiger partial charge in [0.1, 0.15) is 0 Å². The Morgan fingerprint density at radius 2 is 1.60 bits per heavy atom. The minimum Gasteiger partial charge on any atom is -0.343 e. The van der Waals surface area contributed by atoms with Crippen molar-refractivity contribution in [1.29, 1.82) is 0 Å². The summed E-state index contributed by atoms with van der Waals surface area (Å²) in [6, 6.07) is 12.5. The van der Waals surface area contributed by atoms with Gasteiger partial charge in [-0.2, -0.15) is 0 Å². The number of para-hydroxylation sites is 1. The summed E-state index contributed by atoms with van der Waals surface area (Å²) in [6.07, 6.45) is 3.73. The number of rotatable bonds is 5. The van der Waals surface area contributed by atoms with Crippen LogP contribution in [0.4, 0.5) is 11.4 Å². The van der Waals surface area contributed by atoms with E-state index in [-0.39, 0.29) is 35.6 Å². The van der Waals surface area contributed by atoms with Gasteiger partial charge in [-0.3, -0.25) is 13.9 Å². The summed E-state index contributed by atoms with van der Waals surface area (Å²) < 4.78 is 28.7. The van der Waals surface area contributed by atoms with E-state index in [1.54, 1.807) is 23.1 Å². The van der Waals surface area contributed by atoms with Crippen LogP contribution in [0.3, 0.4) is 0 Å². The second kappa shape index (κ2) is 9.30. The third kappa shape index (κ3) is 4.44. The Hall–Kier alpha value is -2.87. The van der Waals surface area contributed by atoms with E-state index in [0.29, 0.717) is 25.3 Å². The maximum absolute atomic E-state index is 13.6. The lowest BCUT2D eigenvalue weighted by atomic mass is 9.99. The molecule has 1 atom stereocenters. The van der Waals surface area contributed by atoms with Crippen LogP contribution < -0.4 is 9.21 Å². The van der Waals surface area contributed by atoms with Crippen molar-refractivity contribution in [3.05, 3.63) is 53.6 Å². The highest BCUT2D eigenvalue weighted by Gasteiger charge is 2.37. The first-order valence-corrected chi connectivity index (χ1v) is 14.0. The maximum Gasteiger partial charge on any atom is 0.264 e. The van der Waals surface area contributed by atoms with E-state index < -0.39 is 10.0 Å². The first kappa shape index (κ1) is 23.9. The number of carbonyl (C=O) groups is 2. The third-order valence-corrected chi connectivity index (χ3v) is 9.56. The van der Waals surface area contributed by atoms with Crippen molar-refractivity contribution in [2.75, 3.05) is 28.8 Å². The summed E-state index contributed by atoms with van der Waals surface area (Å²) in [5, 5.41) is 0. The summed E-state index contributed by atoms with van der Waals surface area (Å²) in [6.45, 7) is 6.20. The molecule has 0 aliphatic carbocycles. The first-order chi connectivity index (χ1) is 16.8. The number of nitrogens with zero attached hydrogens (tertiary/aromatic N) is 3. The predicted octanol–water partition coefficient (Wildman–Crippen LogP) is 3.75. The molecular formula is C27H33N3O4S. The van der Waals surface area contributed by atoms with Crippen LogP contribution in [0.1, 0.15) is 50.7 Å². The second-order valence-corrected chi connectivity index (χ2v) is 11.9. The number of sulfonamides is 1. The van der Waals surface area contributed by atoms with Crippen molar-refractivity contribution in [2.24, 2.45) is 5.92 Å². The zero-order valence-corrected chi connectivity index (χ0v) is 21.3. The highest BCUT2D eigenvalue weighted by molar-refractivity contribution is 7.92. The molecule has 0 aromatic heterocycles. The molecule has 2 amide bonds. The first-order valence-electron chi connectivity index (χ1n) is 12.6. The molecule has 0 N–H and O–H groups in total. The van der Waals surface area contributed by atoms with E-state index in [0.717, 1.165) is 48.4 Å². The summed E-state index contributed by atoms with van der Waals surface area (Å²) in [7, 11) is -3.72. The predicted molar refractivity (Wildman–Crippen MR) is 136 cm³/mol. The van der Waals surface area contributed by atoms with Crippen LogP contribution >= 0.6 is 0 Å². The summed E-state index contributed by atoms with van der Waals surface area (Å²) in [4.78, 5) is 29.3. The van der Waals surface area contributed by atoms with E-state index in [9.17, 15) is 18.0 Å². The number of anilines is 2. The van der Waals surface area contributed by atoms with Crippen molar-refractivity contribution in [2.45, 2.75) is 63.3 Å². The van der Waals surface area contributed by atoms with Crippen LogP contribution in [-0.4, -0.2) is 50.8 Å². The molecule has 5 rings (SSSR count). The number of piperidine rings is 1. The monoisotopic (exact) mass is 495 g/mol.